The lowest BCUT2D eigenvalue weighted by Gasteiger charge is -2.41. The van der Waals surface area contributed by atoms with Gasteiger partial charge >= 0.3 is 5.97 Å². The highest BCUT2D eigenvalue weighted by atomic mass is 32.1. The minimum atomic E-state index is -1.12. The monoisotopic (exact) mass is 471 g/mol. The van der Waals surface area contributed by atoms with Crippen LogP contribution < -0.4 is 0 Å². The number of hydrogen-bond acceptors (Lipinski definition) is 7. The van der Waals surface area contributed by atoms with E-state index < -0.39 is 12.2 Å². The molecular weight excluding hydrogens is 442 g/mol. The number of esters is 1. The molecular formula is C25H29NO4S2. The Hall–Kier alpha value is -2.22. The molecule has 0 radical (unpaired) electrons. The maximum Gasteiger partial charge on any atom is 0.352 e. The Morgan fingerprint density at radius 3 is 2.69 bits per heavy atom. The second-order valence-corrected chi connectivity index (χ2v) is 9.84. The van der Waals surface area contributed by atoms with Crippen molar-refractivity contribution in [3.8, 4) is 5.75 Å². The van der Waals surface area contributed by atoms with Crippen LogP contribution in [0.2, 0.25) is 0 Å². The highest BCUT2D eigenvalue weighted by molar-refractivity contribution is 7.80. The van der Waals surface area contributed by atoms with Gasteiger partial charge in [-0.05, 0) is 49.7 Å². The average Bonchev–Trinajstić information content (AvgIpc) is 3.15. The van der Waals surface area contributed by atoms with E-state index in [2.05, 4.69) is 31.2 Å². The first-order valence-electron chi connectivity index (χ1n) is 11.0. The zero-order valence-electron chi connectivity index (χ0n) is 18.3. The van der Waals surface area contributed by atoms with E-state index in [-0.39, 0.29) is 34.4 Å². The highest BCUT2D eigenvalue weighted by Crippen LogP contribution is 2.52. The predicted octanol–water partition coefficient (Wildman–Crippen LogP) is 5.70. The molecule has 0 saturated heterocycles. The van der Waals surface area contributed by atoms with Gasteiger partial charge in [0.2, 0.25) is 0 Å². The van der Waals surface area contributed by atoms with Crippen molar-refractivity contribution in [2.45, 2.75) is 56.5 Å². The molecule has 5 nitrogen and oxygen atoms in total. The average molecular weight is 472 g/mol. The Bertz CT molecular complexity index is 1030. The smallest absolute Gasteiger partial charge is 0.352 e. The van der Waals surface area contributed by atoms with Gasteiger partial charge in [-0.1, -0.05) is 49.4 Å². The van der Waals surface area contributed by atoms with E-state index in [4.69, 9.17) is 17.4 Å². The van der Waals surface area contributed by atoms with Gasteiger partial charge in [-0.25, -0.2) is 4.79 Å². The van der Waals surface area contributed by atoms with E-state index in [9.17, 15) is 15.0 Å². The normalized spacial score (nSPS) is 25.5. The maximum atomic E-state index is 12.6. The molecule has 2 aromatic rings. The number of aliphatic hydroxyl groups excluding tert-OH is 1. The number of thiophene rings is 1. The number of aliphatic hydroxyl groups is 1. The van der Waals surface area contributed by atoms with Gasteiger partial charge in [0.05, 0.1) is 17.5 Å². The number of ether oxygens (including phenoxy) is 1. The van der Waals surface area contributed by atoms with Crippen LogP contribution in [0.4, 0.5) is 0 Å². The van der Waals surface area contributed by atoms with Crippen LogP contribution in [-0.4, -0.2) is 33.1 Å². The van der Waals surface area contributed by atoms with Gasteiger partial charge < -0.3 is 19.8 Å². The number of fused-ring (bicyclic) bond motifs is 1. The quantitative estimate of drug-likeness (QED) is 0.394. The fourth-order valence-corrected chi connectivity index (χ4v) is 6.35. The first kappa shape index (κ1) is 23.0. The third kappa shape index (κ3) is 4.21. The lowest BCUT2D eigenvalue weighted by Crippen LogP contribution is -2.38. The minimum absolute atomic E-state index is 0.0335. The van der Waals surface area contributed by atoms with Crippen LogP contribution >= 0.6 is 24.0 Å². The predicted molar refractivity (Wildman–Crippen MR) is 130 cm³/mol. The topological polar surface area (TPSA) is 70.0 Å². The number of rotatable bonds is 4. The van der Waals surface area contributed by atoms with E-state index in [1.54, 1.807) is 6.92 Å². The summed E-state index contributed by atoms with van der Waals surface area (Å²) in [6.07, 6.45) is 7.57. The van der Waals surface area contributed by atoms with Gasteiger partial charge in [-0.15, -0.1) is 11.3 Å². The summed E-state index contributed by atoms with van der Waals surface area (Å²) < 4.78 is 5.17. The second kappa shape index (κ2) is 9.73. The van der Waals surface area contributed by atoms with Crippen molar-refractivity contribution in [3.05, 3.63) is 75.1 Å². The summed E-state index contributed by atoms with van der Waals surface area (Å²) in [5, 5.41) is 22.3. The van der Waals surface area contributed by atoms with Gasteiger partial charge in [-0.2, -0.15) is 12.6 Å². The van der Waals surface area contributed by atoms with Crippen molar-refractivity contribution in [3.63, 3.8) is 0 Å². The van der Waals surface area contributed by atoms with E-state index in [0.717, 1.165) is 23.4 Å². The summed E-state index contributed by atoms with van der Waals surface area (Å²) in [5.74, 6) is -0.701. The van der Waals surface area contributed by atoms with Gasteiger partial charge in [0, 0.05) is 10.6 Å². The molecule has 2 N–H and O–H groups in total. The largest absolute Gasteiger partial charge is 0.506 e. The van der Waals surface area contributed by atoms with Crippen LogP contribution in [0, 0.1) is 0 Å². The molecule has 4 rings (SSSR count). The molecule has 1 aromatic heterocycles. The van der Waals surface area contributed by atoms with E-state index in [0.29, 0.717) is 12.0 Å². The third-order valence-corrected chi connectivity index (χ3v) is 8.07. The van der Waals surface area contributed by atoms with Gasteiger partial charge in [0.25, 0.3) is 0 Å². The molecule has 0 saturated carbocycles. The van der Waals surface area contributed by atoms with Crippen molar-refractivity contribution in [2.24, 2.45) is 0 Å². The number of nitrogens with zero attached hydrogens (tertiary/aromatic N) is 1. The third-order valence-electron chi connectivity index (χ3n) is 6.23. The van der Waals surface area contributed by atoms with Crippen LogP contribution in [0.3, 0.4) is 0 Å². The molecule has 2 aliphatic rings. The number of carbonyl (C=O) groups excluding carboxylic acids is 1. The molecule has 32 heavy (non-hydrogen) atoms. The van der Waals surface area contributed by atoms with Gasteiger partial charge in [0.1, 0.15) is 5.75 Å². The standard InChI is InChI=1S/C25H29NO4S2/c1-3-30-25(29)23-21(27)20-22(32-23)15(2)18(16-10-6-4-7-11-16)14-19(31)26(24(20)28)17-12-8-5-9-13-17/h4,6-8,10-13,15,18-19,24,27-28,31H,3,5,9,14H2,1-2H3. The Labute approximate surface area is 198 Å². The lowest BCUT2D eigenvalue weighted by molar-refractivity contribution is 0.0135. The van der Waals surface area contributed by atoms with Crippen molar-refractivity contribution in [2.75, 3.05) is 6.61 Å². The summed E-state index contributed by atoms with van der Waals surface area (Å²) in [7, 11) is 0. The molecule has 0 bridgehead atoms. The number of allylic oxidation sites excluding steroid dienone is 3. The molecule has 0 fully saturated rings. The maximum absolute atomic E-state index is 12.6. The van der Waals surface area contributed by atoms with E-state index in [1.165, 1.54) is 16.9 Å². The molecule has 1 aliphatic heterocycles. The Morgan fingerprint density at radius 2 is 2.03 bits per heavy atom. The van der Waals surface area contributed by atoms with Crippen molar-refractivity contribution in [1.82, 2.24) is 4.90 Å². The highest BCUT2D eigenvalue weighted by Gasteiger charge is 2.40. The molecule has 0 spiro atoms. The van der Waals surface area contributed by atoms with E-state index >= 15 is 0 Å². The van der Waals surface area contributed by atoms with Gasteiger partial charge in [-0.3, -0.25) is 0 Å². The minimum Gasteiger partial charge on any atom is -0.506 e. The molecule has 4 unspecified atom stereocenters. The first-order valence-corrected chi connectivity index (χ1v) is 12.4. The van der Waals surface area contributed by atoms with Crippen LogP contribution in [0.1, 0.15) is 76.8 Å². The summed E-state index contributed by atoms with van der Waals surface area (Å²) in [6, 6.07) is 10.2. The van der Waals surface area contributed by atoms with Crippen LogP contribution in [0.5, 0.6) is 5.75 Å². The molecule has 1 aromatic carbocycles. The Balaban J connectivity index is 1.88. The molecule has 170 valence electrons. The molecule has 4 atom stereocenters. The van der Waals surface area contributed by atoms with Crippen LogP contribution in [0.25, 0.3) is 0 Å². The number of aromatic hydroxyl groups is 1. The molecule has 2 heterocycles. The van der Waals surface area contributed by atoms with Gasteiger partial charge in [0.15, 0.2) is 11.1 Å². The number of benzene rings is 1. The van der Waals surface area contributed by atoms with Crippen molar-refractivity contribution in [1.29, 1.82) is 0 Å². The van der Waals surface area contributed by atoms with Crippen LogP contribution in [0.15, 0.2) is 54.3 Å². The zero-order valence-corrected chi connectivity index (χ0v) is 20.0. The molecule has 1 aliphatic carbocycles. The number of hydrogen-bond donors (Lipinski definition) is 3. The molecule has 7 heteroatoms. The number of thiol groups is 1. The summed E-state index contributed by atoms with van der Waals surface area (Å²) in [5.41, 5.74) is 2.42. The number of carbonyl (C=O) groups is 1. The summed E-state index contributed by atoms with van der Waals surface area (Å²) in [6.45, 7) is 4.04. The summed E-state index contributed by atoms with van der Waals surface area (Å²) >= 11 is 6.14. The fourth-order valence-electron chi connectivity index (χ4n) is 4.63. The first-order chi connectivity index (χ1) is 15.4. The van der Waals surface area contributed by atoms with E-state index in [1.807, 2.05) is 29.2 Å². The SMILES string of the molecule is CCOC(=O)c1sc2c(c1O)C(O)N(C1=CCCC=C1)C(S)CC(c1ccccc1)C2C. The Kier molecular flexibility index (Phi) is 6.98. The lowest BCUT2D eigenvalue weighted by atomic mass is 9.81. The van der Waals surface area contributed by atoms with Crippen molar-refractivity contribution >= 4 is 29.9 Å². The fraction of sp³-hybridized carbons (Fsp3) is 0.400. The van der Waals surface area contributed by atoms with Crippen molar-refractivity contribution < 1.29 is 19.7 Å². The summed E-state index contributed by atoms with van der Waals surface area (Å²) in [4.78, 5) is 15.4. The zero-order chi connectivity index (χ0) is 22.8. The second-order valence-electron chi connectivity index (χ2n) is 8.19. The van der Waals surface area contributed by atoms with Crippen LogP contribution in [-0.2, 0) is 4.74 Å². The Morgan fingerprint density at radius 1 is 1.28 bits per heavy atom. The molecule has 0 amide bonds.